The molecule has 0 fully saturated rings. The summed E-state index contributed by atoms with van der Waals surface area (Å²) in [6.07, 6.45) is 0. The molecular weight excluding hydrogens is 268 g/mol. The van der Waals surface area contributed by atoms with Gasteiger partial charge in [0.25, 0.3) is 0 Å². The van der Waals surface area contributed by atoms with Crippen molar-refractivity contribution in [3.63, 3.8) is 0 Å². The molecule has 0 atom stereocenters. The van der Waals surface area contributed by atoms with Crippen LogP contribution in [0.4, 0.5) is 14.5 Å². The standard InChI is InChI=1S/C14H9F2NO3/c15-9-5-8(6-10(16)7-9)13(18)20-14(19)11-3-1-2-4-12(11)17/h1-7H,17H2. The Morgan fingerprint density at radius 2 is 1.55 bits per heavy atom. The van der Waals surface area contributed by atoms with E-state index in [1.165, 1.54) is 12.1 Å². The van der Waals surface area contributed by atoms with Crippen molar-refractivity contribution in [1.82, 2.24) is 0 Å². The third-order valence-electron chi connectivity index (χ3n) is 2.46. The molecular formula is C14H9F2NO3. The number of esters is 2. The molecule has 0 saturated heterocycles. The average molecular weight is 277 g/mol. The van der Waals surface area contributed by atoms with E-state index in [0.29, 0.717) is 6.07 Å². The maximum atomic E-state index is 13.0. The number of nitrogen functional groups attached to an aromatic ring is 1. The van der Waals surface area contributed by atoms with Gasteiger partial charge in [-0.05, 0) is 24.3 Å². The van der Waals surface area contributed by atoms with Crippen molar-refractivity contribution in [2.75, 3.05) is 5.73 Å². The van der Waals surface area contributed by atoms with Gasteiger partial charge in [-0.25, -0.2) is 18.4 Å². The van der Waals surface area contributed by atoms with Gasteiger partial charge in [0.05, 0.1) is 11.1 Å². The predicted octanol–water partition coefficient (Wildman–Crippen LogP) is 2.54. The molecule has 0 aliphatic heterocycles. The lowest BCUT2D eigenvalue weighted by Crippen LogP contribution is -2.14. The molecule has 2 N–H and O–H groups in total. The van der Waals surface area contributed by atoms with Crippen LogP contribution in [0, 0.1) is 11.6 Å². The van der Waals surface area contributed by atoms with Gasteiger partial charge in [0.2, 0.25) is 0 Å². The third kappa shape index (κ3) is 2.97. The fourth-order valence-electron chi connectivity index (χ4n) is 1.55. The van der Waals surface area contributed by atoms with Gasteiger partial charge in [-0.1, -0.05) is 12.1 Å². The summed E-state index contributed by atoms with van der Waals surface area (Å²) >= 11 is 0. The summed E-state index contributed by atoms with van der Waals surface area (Å²) in [5, 5.41) is 0. The lowest BCUT2D eigenvalue weighted by Gasteiger charge is -2.05. The van der Waals surface area contributed by atoms with Crippen LogP contribution in [0.3, 0.4) is 0 Å². The van der Waals surface area contributed by atoms with Gasteiger partial charge in [-0.2, -0.15) is 0 Å². The quantitative estimate of drug-likeness (QED) is 0.520. The van der Waals surface area contributed by atoms with Gasteiger partial charge in [0, 0.05) is 11.8 Å². The van der Waals surface area contributed by atoms with Crippen LogP contribution < -0.4 is 5.73 Å². The lowest BCUT2D eigenvalue weighted by molar-refractivity contribution is 0.0398. The van der Waals surface area contributed by atoms with Crippen molar-refractivity contribution in [2.24, 2.45) is 0 Å². The van der Waals surface area contributed by atoms with E-state index in [2.05, 4.69) is 4.74 Å². The molecule has 0 aliphatic carbocycles. The minimum absolute atomic E-state index is 0.00211. The zero-order valence-corrected chi connectivity index (χ0v) is 10.1. The van der Waals surface area contributed by atoms with Gasteiger partial charge in [-0.15, -0.1) is 0 Å². The number of anilines is 1. The molecule has 0 aliphatic rings. The molecule has 0 saturated carbocycles. The highest BCUT2D eigenvalue weighted by molar-refractivity contribution is 6.04. The van der Waals surface area contributed by atoms with Gasteiger partial charge in [0.15, 0.2) is 0 Å². The summed E-state index contributed by atoms with van der Waals surface area (Å²) in [5.41, 5.74) is 5.29. The Morgan fingerprint density at radius 3 is 2.15 bits per heavy atom. The molecule has 2 rings (SSSR count). The number of para-hydroxylation sites is 1. The molecule has 0 amide bonds. The number of ether oxygens (including phenoxy) is 1. The number of hydrogen-bond acceptors (Lipinski definition) is 4. The van der Waals surface area contributed by atoms with E-state index in [9.17, 15) is 18.4 Å². The van der Waals surface area contributed by atoms with Crippen molar-refractivity contribution in [3.05, 3.63) is 65.2 Å². The van der Waals surface area contributed by atoms with E-state index < -0.39 is 29.1 Å². The van der Waals surface area contributed by atoms with E-state index in [0.717, 1.165) is 12.1 Å². The molecule has 0 bridgehead atoms. The first kappa shape index (κ1) is 13.7. The van der Waals surface area contributed by atoms with Crippen LogP contribution in [0.2, 0.25) is 0 Å². The van der Waals surface area contributed by atoms with E-state index in [4.69, 9.17) is 5.73 Å². The van der Waals surface area contributed by atoms with Crippen molar-refractivity contribution < 1.29 is 23.1 Å². The van der Waals surface area contributed by atoms with Crippen LogP contribution >= 0.6 is 0 Å². The van der Waals surface area contributed by atoms with Gasteiger partial charge in [0.1, 0.15) is 11.6 Å². The Bertz CT molecular complexity index is 666. The number of carbonyl (C=O) groups excluding carboxylic acids is 2. The SMILES string of the molecule is Nc1ccccc1C(=O)OC(=O)c1cc(F)cc(F)c1. The predicted molar refractivity (Wildman–Crippen MR) is 67.0 cm³/mol. The van der Waals surface area contributed by atoms with Gasteiger partial charge in [-0.3, -0.25) is 0 Å². The molecule has 0 radical (unpaired) electrons. The Kier molecular flexibility index (Phi) is 3.74. The van der Waals surface area contributed by atoms with E-state index >= 15 is 0 Å². The minimum atomic E-state index is -1.16. The topological polar surface area (TPSA) is 69.4 Å². The number of rotatable bonds is 2. The van der Waals surface area contributed by atoms with Crippen LogP contribution in [-0.4, -0.2) is 11.9 Å². The highest BCUT2D eigenvalue weighted by atomic mass is 19.1. The number of nitrogens with two attached hydrogens (primary N) is 1. The largest absolute Gasteiger partial charge is 0.398 e. The molecule has 20 heavy (non-hydrogen) atoms. The molecule has 0 unspecified atom stereocenters. The first-order valence-corrected chi connectivity index (χ1v) is 5.54. The summed E-state index contributed by atoms with van der Waals surface area (Å²) < 4.78 is 30.4. The van der Waals surface area contributed by atoms with Gasteiger partial charge < -0.3 is 10.5 Å². The van der Waals surface area contributed by atoms with Crippen LogP contribution in [0.15, 0.2) is 42.5 Å². The Hall–Kier alpha value is -2.76. The minimum Gasteiger partial charge on any atom is -0.398 e. The van der Waals surface area contributed by atoms with E-state index in [1.807, 2.05) is 0 Å². The average Bonchev–Trinajstić information content (AvgIpc) is 2.37. The normalized spacial score (nSPS) is 10.1. The van der Waals surface area contributed by atoms with E-state index in [1.54, 1.807) is 12.1 Å². The van der Waals surface area contributed by atoms with Crippen LogP contribution in [0.1, 0.15) is 20.7 Å². The monoisotopic (exact) mass is 277 g/mol. The second-order valence-corrected chi connectivity index (χ2v) is 3.92. The molecule has 2 aromatic carbocycles. The maximum absolute atomic E-state index is 13.0. The van der Waals surface area contributed by atoms with Crippen LogP contribution in [0.5, 0.6) is 0 Å². The van der Waals surface area contributed by atoms with Crippen molar-refractivity contribution >= 4 is 17.6 Å². The summed E-state index contributed by atoms with van der Waals surface area (Å²) in [4.78, 5) is 23.3. The highest BCUT2D eigenvalue weighted by Gasteiger charge is 2.18. The van der Waals surface area contributed by atoms with Crippen LogP contribution in [-0.2, 0) is 4.74 Å². The second-order valence-electron chi connectivity index (χ2n) is 3.92. The second kappa shape index (κ2) is 5.48. The molecule has 0 heterocycles. The van der Waals surface area contributed by atoms with Crippen molar-refractivity contribution in [1.29, 1.82) is 0 Å². The molecule has 0 aromatic heterocycles. The summed E-state index contributed by atoms with van der Waals surface area (Å²) in [6, 6.07) is 8.13. The zero-order valence-electron chi connectivity index (χ0n) is 10.1. The molecule has 4 nitrogen and oxygen atoms in total. The number of benzene rings is 2. The Labute approximate surface area is 112 Å². The van der Waals surface area contributed by atoms with Gasteiger partial charge >= 0.3 is 11.9 Å². The zero-order chi connectivity index (χ0) is 14.7. The summed E-state index contributed by atoms with van der Waals surface area (Å²) in [5.74, 6) is -4.03. The molecule has 0 spiro atoms. The van der Waals surface area contributed by atoms with E-state index in [-0.39, 0.29) is 11.3 Å². The highest BCUT2D eigenvalue weighted by Crippen LogP contribution is 2.14. The smallest absolute Gasteiger partial charge is 0.348 e. The molecule has 102 valence electrons. The number of carbonyl (C=O) groups is 2. The van der Waals surface area contributed by atoms with Crippen LogP contribution in [0.25, 0.3) is 0 Å². The Balaban J connectivity index is 2.20. The summed E-state index contributed by atoms with van der Waals surface area (Å²) in [7, 11) is 0. The van der Waals surface area contributed by atoms with Crippen molar-refractivity contribution in [2.45, 2.75) is 0 Å². The first-order chi connectivity index (χ1) is 9.47. The lowest BCUT2D eigenvalue weighted by atomic mass is 10.2. The third-order valence-corrected chi connectivity index (χ3v) is 2.46. The number of hydrogen-bond donors (Lipinski definition) is 1. The first-order valence-electron chi connectivity index (χ1n) is 5.54. The molecule has 2 aromatic rings. The Morgan fingerprint density at radius 1 is 0.950 bits per heavy atom. The maximum Gasteiger partial charge on any atom is 0.348 e. The number of halogens is 2. The summed E-state index contributed by atoms with van der Waals surface area (Å²) in [6.45, 7) is 0. The fraction of sp³-hybridized carbons (Fsp3) is 0. The van der Waals surface area contributed by atoms with Crippen molar-refractivity contribution in [3.8, 4) is 0 Å². The molecule has 6 heteroatoms. The fourth-order valence-corrected chi connectivity index (χ4v) is 1.55.